The second-order valence-corrected chi connectivity index (χ2v) is 23.1. The number of hydrogen-bond donors (Lipinski definition) is 0. The standard InChI is InChI=1S/C73H130O6/c1-4-7-10-13-16-19-22-25-28-30-31-32-33-34-35-36-37-38-39-40-41-42-44-45-48-51-54-57-60-63-66-72(75)78-69-70(68-77-71(74)65-62-59-56-53-50-47-27-24-21-18-15-12-9-6-3)79-73(76)67-64-61-58-55-52-49-46-43-29-26-23-20-17-14-11-8-5-2/h8,11,17,20,24,26-27,29,46,49,55,58,70H,4-7,9-10,12-16,18-19,21-23,25,28,30-45,47-48,50-54,56-57,59-69H2,1-3H3/b11-8-,20-17-,27-24-,29-26-,49-46-,58-55-. The van der Waals surface area contributed by atoms with Crippen LogP contribution in [0.5, 0.6) is 0 Å². The molecule has 0 fully saturated rings. The van der Waals surface area contributed by atoms with E-state index in [4.69, 9.17) is 14.2 Å². The Morgan fingerprint density at radius 1 is 0.266 bits per heavy atom. The van der Waals surface area contributed by atoms with Crippen LogP contribution in [0.1, 0.15) is 355 Å². The van der Waals surface area contributed by atoms with Crippen molar-refractivity contribution in [2.45, 2.75) is 361 Å². The van der Waals surface area contributed by atoms with Crippen molar-refractivity contribution in [2.75, 3.05) is 13.2 Å². The quantitative estimate of drug-likeness (QED) is 0.0261. The van der Waals surface area contributed by atoms with Crippen LogP contribution >= 0.6 is 0 Å². The molecule has 0 radical (unpaired) electrons. The number of rotatable bonds is 63. The topological polar surface area (TPSA) is 78.9 Å². The fourth-order valence-electron chi connectivity index (χ4n) is 10.1. The van der Waals surface area contributed by atoms with Crippen molar-refractivity contribution in [3.05, 3.63) is 72.9 Å². The Morgan fingerprint density at radius 3 is 0.823 bits per heavy atom. The molecular formula is C73H130O6. The Morgan fingerprint density at radius 2 is 0.506 bits per heavy atom. The second-order valence-electron chi connectivity index (χ2n) is 23.1. The van der Waals surface area contributed by atoms with Crippen LogP contribution in [0.3, 0.4) is 0 Å². The van der Waals surface area contributed by atoms with Gasteiger partial charge in [0, 0.05) is 19.3 Å². The first-order chi connectivity index (χ1) is 39.0. The van der Waals surface area contributed by atoms with Crippen LogP contribution in [-0.4, -0.2) is 37.2 Å². The van der Waals surface area contributed by atoms with E-state index in [2.05, 4.69) is 93.7 Å². The van der Waals surface area contributed by atoms with Crippen molar-refractivity contribution in [1.82, 2.24) is 0 Å². The minimum Gasteiger partial charge on any atom is -0.462 e. The second kappa shape index (κ2) is 67.4. The van der Waals surface area contributed by atoms with Gasteiger partial charge in [-0.05, 0) is 83.5 Å². The first kappa shape index (κ1) is 75.8. The van der Waals surface area contributed by atoms with Crippen molar-refractivity contribution in [3.8, 4) is 0 Å². The molecule has 6 heteroatoms. The van der Waals surface area contributed by atoms with Gasteiger partial charge in [-0.1, -0.05) is 325 Å². The number of carbonyl (C=O) groups is 3. The summed E-state index contributed by atoms with van der Waals surface area (Å²) < 4.78 is 16.9. The maximum Gasteiger partial charge on any atom is 0.306 e. The lowest BCUT2D eigenvalue weighted by atomic mass is 10.0. The molecule has 0 aromatic heterocycles. The maximum absolute atomic E-state index is 12.9. The Hall–Kier alpha value is -3.15. The van der Waals surface area contributed by atoms with Gasteiger partial charge < -0.3 is 14.2 Å². The summed E-state index contributed by atoms with van der Waals surface area (Å²) in [6, 6.07) is 0. The lowest BCUT2D eigenvalue weighted by molar-refractivity contribution is -0.167. The van der Waals surface area contributed by atoms with Crippen LogP contribution in [0.2, 0.25) is 0 Å². The summed E-state index contributed by atoms with van der Waals surface area (Å²) in [5, 5.41) is 0. The van der Waals surface area contributed by atoms with E-state index in [0.717, 1.165) is 83.5 Å². The van der Waals surface area contributed by atoms with Gasteiger partial charge in [0.2, 0.25) is 0 Å². The molecule has 0 spiro atoms. The summed E-state index contributed by atoms with van der Waals surface area (Å²) in [7, 11) is 0. The molecule has 1 unspecified atom stereocenters. The highest BCUT2D eigenvalue weighted by molar-refractivity contribution is 5.71. The normalized spacial score (nSPS) is 12.5. The van der Waals surface area contributed by atoms with Gasteiger partial charge in [0.15, 0.2) is 6.10 Å². The van der Waals surface area contributed by atoms with Gasteiger partial charge in [0.25, 0.3) is 0 Å². The summed E-state index contributed by atoms with van der Waals surface area (Å²) in [5.74, 6) is -0.949. The van der Waals surface area contributed by atoms with E-state index < -0.39 is 6.10 Å². The molecule has 0 saturated carbocycles. The zero-order chi connectivity index (χ0) is 57.1. The highest BCUT2D eigenvalue weighted by atomic mass is 16.6. The van der Waals surface area contributed by atoms with Gasteiger partial charge in [-0.25, -0.2) is 0 Å². The molecule has 458 valence electrons. The highest BCUT2D eigenvalue weighted by Crippen LogP contribution is 2.18. The average Bonchev–Trinajstić information content (AvgIpc) is 3.45. The van der Waals surface area contributed by atoms with Gasteiger partial charge >= 0.3 is 17.9 Å². The number of unbranched alkanes of at least 4 members (excludes halogenated alkanes) is 40. The molecule has 0 aromatic rings. The van der Waals surface area contributed by atoms with Crippen LogP contribution in [0.25, 0.3) is 0 Å². The van der Waals surface area contributed by atoms with E-state index in [0.29, 0.717) is 19.3 Å². The molecule has 0 aliphatic rings. The smallest absolute Gasteiger partial charge is 0.306 e. The molecule has 1 atom stereocenters. The number of esters is 3. The predicted octanol–water partition coefficient (Wildman–Crippen LogP) is 23.7. The molecular weight excluding hydrogens is 973 g/mol. The predicted molar refractivity (Wildman–Crippen MR) is 344 cm³/mol. The Balaban J connectivity index is 4.23. The monoisotopic (exact) mass is 1100 g/mol. The summed E-state index contributed by atoms with van der Waals surface area (Å²) >= 11 is 0. The summed E-state index contributed by atoms with van der Waals surface area (Å²) in [5.41, 5.74) is 0. The number of hydrogen-bond acceptors (Lipinski definition) is 6. The molecule has 0 N–H and O–H groups in total. The fraction of sp³-hybridized carbons (Fsp3) is 0.795. The summed E-state index contributed by atoms with van der Waals surface area (Å²) in [6.45, 7) is 6.51. The average molecular weight is 1100 g/mol. The third-order valence-electron chi connectivity index (χ3n) is 15.2. The number of allylic oxidation sites excluding steroid dienone is 12. The van der Waals surface area contributed by atoms with Crippen molar-refractivity contribution in [3.63, 3.8) is 0 Å². The Kier molecular flexibility index (Phi) is 64.7. The maximum atomic E-state index is 12.9. The molecule has 0 aliphatic carbocycles. The third-order valence-corrected chi connectivity index (χ3v) is 15.2. The van der Waals surface area contributed by atoms with Crippen LogP contribution in [-0.2, 0) is 28.6 Å². The molecule has 79 heavy (non-hydrogen) atoms. The Labute approximate surface area is 491 Å². The van der Waals surface area contributed by atoms with Crippen molar-refractivity contribution in [2.24, 2.45) is 0 Å². The largest absolute Gasteiger partial charge is 0.462 e. The molecule has 6 nitrogen and oxygen atoms in total. The van der Waals surface area contributed by atoms with Gasteiger partial charge in [-0.3, -0.25) is 14.4 Å². The van der Waals surface area contributed by atoms with Crippen LogP contribution in [0.4, 0.5) is 0 Å². The van der Waals surface area contributed by atoms with Gasteiger partial charge in [0.1, 0.15) is 13.2 Å². The van der Waals surface area contributed by atoms with Crippen molar-refractivity contribution >= 4 is 17.9 Å². The molecule has 0 aromatic carbocycles. The lowest BCUT2D eigenvalue weighted by Crippen LogP contribution is -2.30. The van der Waals surface area contributed by atoms with Gasteiger partial charge in [0.05, 0.1) is 0 Å². The fourth-order valence-corrected chi connectivity index (χ4v) is 10.1. The summed E-state index contributed by atoms with van der Waals surface area (Å²) in [6.07, 6.45) is 88.1. The summed E-state index contributed by atoms with van der Waals surface area (Å²) in [4.78, 5) is 38.3. The van der Waals surface area contributed by atoms with Crippen LogP contribution < -0.4 is 0 Å². The molecule has 0 heterocycles. The zero-order valence-corrected chi connectivity index (χ0v) is 52.6. The minimum atomic E-state index is -0.808. The van der Waals surface area contributed by atoms with Crippen LogP contribution in [0, 0.1) is 0 Å². The van der Waals surface area contributed by atoms with E-state index in [1.165, 1.54) is 225 Å². The number of carbonyl (C=O) groups excluding carboxylic acids is 3. The highest BCUT2D eigenvalue weighted by Gasteiger charge is 2.19. The van der Waals surface area contributed by atoms with E-state index in [1.54, 1.807) is 0 Å². The van der Waals surface area contributed by atoms with Crippen molar-refractivity contribution in [1.29, 1.82) is 0 Å². The number of ether oxygens (including phenoxy) is 3. The van der Waals surface area contributed by atoms with E-state index in [1.807, 2.05) is 0 Å². The van der Waals surface area contributed by atoms with E-state index in [9.17, 15) is 14.4 Å². The first-order valence-corrected chi connectivity index (χ1v) is 34.4. The zero-order valence-electron chi connectivity index (χ0n) is 52.6. The van der Waals surface area contributed by atoms with Gasteiger partial charge in [-0.2, -0.15) is 0 Å². The lowest BCUT2D eigenvalue weighted by Gasteiger charge is -2.18. The third kappa shape index (κ3) is 65.5. The van der Waals surface area contributed by atoms with Crippen molar-refractivity contribution < 1.29 is 28.6 Å². The molecule has 0 rings (SSSR count). The van der Waals surface area contributed by atoms with E-state index in [-0.39, 0.29) is 37.5 Å². The Bertz CT molecular complexity index is 1450. The minimum absolute atomic E-state index is 0.0977. The first-order valence-electron chi connectivity index (χ1n) is 34.4. The van der Waals surface area contributed by atoms with E-state index >= 15 is 0 Å². The van der Waals surface area contributed by atoms with Crippen LogP contribution in [0.15, 0.2) is 72.9 Å². The van der Waals surface area contributed by atoms with Gasteiger partial charge in [-0.15, -0.1) is 0 Å². The molecule has 0 amide bonds. The SMILES string of the molecule is CC/C=C\C/C=C\C/C=C\C/C=C\C/C=C\CCCC(=O)OC(COC(=O)CCCCCCC/C=C\CCCCCCC)COC(=O)CCCCCCCCCCCCCCCCCCCCCCCCCCCCCCCC. The molecule has 0 aliphatic heterocycles. The molecule has 0 saturated heterocycles. The molecule has 0 bridgehead atoms.